The summed E-state index contributed by atoms with van der Waals surface area (Å²) in [7, 11) is 1.80. The van der Waals surface area contributed by atoms with Crippen LogP contribution in [-0.4, -0.2) is 30.2 Å². The Balaban J connectivity index is 2.10. The maximum absolute atomic E-state index is 9.20. The van der Waals surface area contributed by atoms with Gasteiger partial charge in [0.05, 0.1) is 11.4 Å². The molecule has 2 fully saturated rings. The van der Waals surface area contributed by atoms with E-state index in [-0.39, 0.29) is 0 Å². The van der Waals surface area contributed by atoms with Gasteiger partial charge in [-0.05, 0) is 43.4 Å². The van der Waals surface area contributed by atoms with Crippen LogP contribution in [0.1, 0.15) is 25.7 Å². The lowest BCUT2D eigenvalue weighted by molar-refractivity contribution is 0.263. The van der Waals surface area contributed by atoms with Crippen LogP contribution in [0.2, 0.25) is 0 Å². The predicted molar refractivity (Wildman–Crippen MR) is 61.0 cm³/mol. The van der Waals surface area contributed by atoms with Crippen molar-refractivity contribution >= 4 is 11.4 Å². The third-order valence-electron chi connectivity index (χ3n) is 3.86. The Kier molecular flexibility index (Phi) is 3.05. The molecule has 0 aromatic carbocycles. The van der Waals surface area contributed by atoms with Gasteiger partial charge in [-0.2, -0.15) is 5.10 Å². The van der Waals surface area contributed by atoms with Crippen molar-refractivity contribution in [3.63, 3.8) is 0 Å². The summed E-state index contributed by atoms with van der Waals surface area (Å²) in [5.41, 5.74) is 2.00. The predicted octanol–water partition coefficient (Wildman–Crippen LogP) is 0.800. The van der Waals surface area contributed by atoms with Crippen LogP contribution in [0.25, 0.3) is 0 Å². The molecule has 0 heterocycles. The Morgan fingerprint density at radius 2 is 2.20 bits per heavy atom. The summed E-state index contributed by atoms with van der Waals surface area (Å²) in [6.07, 6.45) is 4.24. The molecule has 2 saturated carbocycles. The van der Waals surface area contributed by atoms with E-state index in [0.29, 0.717) is 24.4 Å². The van der Waals surface area contributed by atoms with Crippen molar-refractivity contribution in [3.8, 4) is 0 Å². The summed E-state index contributed by atoms with van der Waals surface area (Å²) in [5, 5.41) is 13.1. The number of aliphatic hydroxyl groups excluding tert-OH is 1. The smallest absolute Gasteiger partial charge is 0.0813 e. The first-order valence-electron chi connectivity index (χ1n) is 5.65. The van der Waals surface area contributed by atoms with Crippen LogP contribution in [0.5, 0.6) is 0 Å². The Bertz CT molecular complexity index is 298. The first-order chi connectivity index (χ1) is 7.31. The topological polar surface area (TPSA) is 71.0 Å². The van der Waals surface area contributed by atoms with E-state index < -0.39 is 0 Å². The monoisotopic (exact) mass is 209 g/mol. The highest BCUT2D eigenvalue weighted by molar-refractivity contribution is 6.42. The van der Waals surface area contributed by atoms with E-state index in [0.717, 1.165) is 30.7 Å². The molecule has 3 N–H and O–H groups in total. The summed E-state index contributed by atoms with van der Waals surface area (Å²) in [5.74, 6) is 7.18. The van der Waals surface area contributed by atoms with E-state index >= 15 is 0 Å². The molecule has 0 aromatic rings. The molecule has 2 rings (SSSR count). The number of hydrogen-bond donors (Lipinski definition) is 2. The van der Waals surface area contributed by atoms with Crippen molar-refractivity contribution < 1.29 is 5.11 Å². The lowest BCUT2D eigenvalue weighted by Gasteiger charge is -2.11. The summed E-state index contributed by atoms with van der Waals surface area (Å²) in [4.78, 5) is 4.25. The molecule has 0 radical (unpaired) electrons. The number of hydrogen-bond acceptors (Lipinski definition) is 4. The molecular formula is C11H19N3O. The first-order valence-corrected chi connectivity index (χ1v) is 5.65. The third-order valence-corrected chi connectivity index (χ3v) is 3.86. The third kappa shape index (κ3) is 1.91. The Hall–Kier alpha value is -0.900. The number of fused-ring (bicyclic) bond motifs is 1. The van der Waals surface area contributed by atoms with E-state index in [1.165, 1.54) is 6.42 Å². The highest BCUT2D eigenvalue weighted by atomic mass is 16.3. The maximum Gasteiger partial charge on any atom is 0.0813 e. The molecule has 15 heavy (non-hydrogen) atoms. The van der Waals surface area contributed by atoms with E-state index in [1.807, 2.05) is 0 Å². The minimum Gasteiger partial charge on any atom is -0.396 e. The van der Waals surface area contributed by atoms with Crippen LogP contribution < -0.4 is 5.84 Å². The van der Waals surface area contributed by atoms with Gasteiger partial charge in [-0.25, -0.2) is 0 Å². The van der Waals surface area contributed by atoms with Gasteiger partial charge in [0.15, 0.2) is 0 Å². The van der Waals surface area contributed by atoms with Gasteiger partial charge in [0.2, 0.25) is 0 Å². The molecule has 0 aromatic heterocycles. The molecule has 0 aliphatic heterocycles. The van der Waals surface area contributed by atoms with Gasteiger partial charge in [-0.3, -0.25) is 4.99 Å². The molecule has 0 unspecified atom stereocenters. The van der Waals surface area contributed by atoms with Gasteiger partial charge in [0, 0.05) is 13.7 Å². The first kappa shape index (κ1) is 10.6. The Morgan fingerprint density at radius 3 is 2.80 bits per heavy atom. The zero-order valence-electron chi connectivity index (χ0n) is 9.19. The van der Waals surface area contributed by atoms with Crippen molar-refractivity contribution in [1.82, 2.24) is 0 Å². The fourth-order valence-corrected chi connectivity index (χ4v) is 2.88. The van der Waals surface area contributed by atoms with Crippen LogP contribution in [0.15, 0.2) is 10.1 Å². The number of hydrazone groups is 1. The van der Waals surface area contributed by atoms with Gasteiger partial charge >= 0.3 is 0 Å². The number of rotatable bonds is 1. The van der Waals surface area contributed by atoms with Crippen LogP contribution in [0, 0.1) is 17.8 Å². The number of aliphatic imine (C=N–C) groups is 1. The summed E-state index contributed by atoms with van der Waals surface area (Å²) < 4.78 is 0. The lowest BCUT2D eigenvalue weighted by atomic mass is 9.97. The molecule has 0 bridgehead atoms. The molecular weight excluding hydrogens is 190 g/mol. The second-order valence-electron chi connectivity index (χ2n) is 4.52. The zero-order chi connectivity index (χ0) is 10.8. The van der Waals surface area contributed by atoms with Crippen molar-refractivity contribution in [2.45, 2.75) is 25.7 Å². The molecule has 3 atom stereocenters. The molecule has 0 saturated heterocycles. The standard InChI is InChI=1S/C11H19N3O/c1-13-10-4-2-3-7-8(9(7)6-15)5-11(10)14-12/h7-9,15H,2-6,12H2,1H3/t7-,8+,9+/m1/s1. The average Bonchev–Trinajstić information content (AvgIpc) is 2.89. The molecule has 4 heteroatoms. The fourth-order valence-electron chi connectivity index (χ4n) is 2.88. The van der Waals surface area contributed by atoms with Crippen LogP contribution >= 0.6 is 0 Å². The van der Waals surface area contributed by atoms with Crippen molar-refractivity contribution in [2.75, 3.05) is 13.7 Å². The summed E-state index contributed by atoms with van der Waals surface area (Å²) in [6.45, 7) is 0.311. The Labute approximate surface area is 90.3 Å². The summed E-state index contributed by atoms with van der Waals surface area (Å²) in [6, 6.07) is 0. The summed E-state index contributed by atoms with van der Waals surface area (Å²) >= 11 is 0. The average molecular weight is 209 g/mol. The number of nitrogens with two attached hydrogens (primary N) is 1. The molecule has 2 aliphatic rings. The van der Waals surface area contributed by atoms with Gasteiger partial charge in [0.25, 0.3) is 0 Å². The van der Waals surface area contributed by atoms with Gasteiger partial charge < -0.3 is 10.9 Å². The molecule has 0 spiro atoms. The van der Waals surface area contributed by atoms with E-state index in [1.54, 1.807) is 7.05 Å². The second kappa shape index (κ2) is 4.31. The van der Waals surface area contributed by atoms with Crippen LogP contribution in [0.4, 0.5) is 0 Å². The minimum absolute atomic E-state index is 0.311. The second-order valence-corrected chi connectivity index (χ2v) is 4.52. The molecule has 0 amide bonds. The molecule has 2 aliphatic carbocycles. The van der Waals surface area contributed by atoms with Gasteiger partial charge in [0.1, 0.15) is 0 Å². The zero-order valence-corrected chi connectivity index (χ0v) is 9.19. The van der Waals surface area contributed by atoms with E-state index in [4.69, 9.17) is 5.84 Å². The SMILES string of the molecule is CN=C1CCC[C@H]2[C@H](CO)[C@H]2CC1=NN. The maximum atomic E-state index is 9.20. The fraction of sp³-hybridized carbons (Fsp3) is 0.818. The van der Waals surface area contributed by atoms with Crippen LogP contribution in [-0.2, 0) is 0 Å². The highest BCUT2D eigenvalue weighted by Gasteiger charge is 2.49. The quantitative estimate of drug-likeness (QED) is 0.495. The molecule has 84 valence electrons. The minimum atomic E-state index is 0.311. The van der Waals surface area contributed by atoms with Crippen molar-refractivity contribution in [2.24, 2.45) is 33.7 Å². The van der Waals surface area contributed by atoms with Crippen LogP contribution in [0.3, 0.4) is 0 Å². The highest BCUT2D eigenvalue weighted by Crippen LogP contribution is 2.52. The lowest BCUT2D eigenvalue weighted by Crippen LogP contribution is -2.19. The molecule has 4 nitrogen and oxygen atoms in total. The van der Waals surface area contributed by atoms with Crippen molar-refractivity contribution in [1.29, 1.82) is 0 Å². The Morgan fingerprint density at radius 1 is 1.40 bits per heavy atom. The van der Waals surface area contributed by atoms with Gasteiger partial charge in [-0.15, -0.1) is 0 Å². The van der Waals surface area contributed by atoms with Crippen molar-refractivity contribution in [3.05, 3.63) is 0 Å². The normalized spacial score (nSPS) is 41.1. The van der Waals surface area contributed by atoms with Gasteiger partial charge in [-0.1, -0.05) is 0 Å². The van der Waals surface area contributed by atoms with E-state index in [9.17, 15) is 5.11 Å². The number of nitrogens with zero attached hydrogens (tertiary/aromatic N) is 2. The van der Waals surface area contributed by atoms with E-state index in [2.05, 4.69) is 10.1 Å². The number of aliphatic hydroxyl groups is 1. The largest absolute Gasteiger partial charge is 0.396 e.